The minimum absolute atomic E-state index is 0.104. The Labute approximate surface area is 100 Å². The molecule has 0 aliphatic rings. The number of ether oxygens (including phenoxy) is 1. The Morgan fingerprint density at radius 3 is 1.67 bits per heavy atom. The molecule has 0 aromatic rings. The maximum absolute atomic E-state index is 9.21. The van der Waals surface area contributed by atoms with E-state index in [-0.39, 0.29) is 13.2 Å². The van der Waals surface area contributed by atoms with E-state index in [0.29, 0.717) is 9.73 Å². The molecule has 2 unspecified atom stereocenters. The molecule has 0 aliphatic carbocycles. The van der Waals surface area contributed by atoms with Crippen LogP contribution in [-0.2, 0) is 4.74 Å². The molecule has 0 aromatic heterocycles. The summed E-state index contributed by atoms with van der Waals surface area (Å²) in [7, 11) is 0. The van der Waals surface area contributed by atoms with Crippen molar-refractivity contribution in [3.8, 4) is 0 Å². The van der Waals surface area contributed by atoms with Gasteiger partial charge in [0.1, 0.15) is 12.2 Å². The highest BCUT2D eigenvalue weighted by atomic mass is 32.1. The number of aliphatic hydroxyl groups is 2. The summed E-state index contributed by atoms with van der Waals surface area (Å²) in [6, 6.07) is 0. The van der Waals surface area contributed by atoms with E-state index in [1.807, 2.05) is 0 Å². The first-order chi connectivity index (χ1) is 7.02. The van der Waals surface area contributed by atoms with Crippen molar-refractivity contribution in [1.82, 2.24) is 0 Å². The molecule has 84 valence electrons. The first kappa shape index (κ1) is 14.5. The van der Waals surface area contributed by atoms with Crippen molar-refractivity contribution in [3.05, 3.63) is 25.3 Å². The summed E-state index contributed by atoms with van der Waals surface area (Å²) in [5, 5.41) is 18.4. The van der Waals surface area contributed by atoms with Crippen LogP contribution in [0.25, 0.3) is 0 Å². The second-order valence-corrected chi connectivity index (χ2v) is 3.84. The van der Waals surface area contributed by atoms with Crippen LogP contribution in [0, 0.1) is 0 Å². The van der Waals surface area contributed by atoms with Crippen molar-refractivity contribution in [3.63, 3.8) is 0 Å². The highest BCUT2D eigenvalue weighted by molar-refractivity contribution is 7.80. The third kappa shape index (κ3) is 5.86. The molecule has 0 saturated carbocycles. The fourth-order valence-electron chi connectivity index (χ4n) is 0.686. The van der Waals surface area contributed by atoms with E-state index in [2.05, 4.69) is 13.2 Å². The third-order valence-corrected chi connectivity index (χ3v) is 2.31. The zero-order chi connectivity index (χ0) is 11.8. The first-order valence-electron chi connectivity index (χ1n) is 4.27. The zero-order valence-corrected chi connectivity index (χ0v) is 9.89. The molecule has 2 N–H and O–H groups in total. The van der Waals surface area contributed by atoms with Crippen LogP contribution in [0.4, 0.5) is 0 Å². The fraction of sp³-hybridized carbons (Fsp3) is 0.400. The monoisotopic (exact) mass is 246 g/mol. The fourth-order valence-corrected chi connectivity index (χ4v) is 1.04. The standard InChI is InChI=1S/C10H14O3S2/c1-3-7(11)9(14)5-13-6-10(15)8(12)4-2/h3-4,7-8,11-12H,1-2,5-6H2. The Balaban J connectivity index is 3.80. The summed E-state index contributed by atoms with van der Waals surface area (Å²) in [4.78, 5) is 0.668. The lowest BCUT2D eigenvalue weighted by atomic mass is 10.2. The normalized spacial score (nSPS) is 14.0. The van der Waals surface area contributed by atoms with Gasteiger partial charge in [0, 0.05) is 0 Å². The minimum atomic E-state index is -0.849. The molecule has 0 bridgehead atoms. The Kier molecular flexibility index (Phi) is 7.54. The van der Waals surface area contributed by atoms with Crippen LogP contribution < -0.4 is 0 Å². The Bertz CT molecular complexity index is 237. The van der Waals surface area contributed by atoms with Crippen molar-refractivity contribution in [2.45, 2.75) is 12.2 Å². The quantitative estimate of drug-likeness (QED) is 0.491. The van der Waals surface area contributed by atoms with Gasteiger partial charge in [-0.15, -0.1) is 13.2 Å². The molecule has 0 aromatic carbocycles. The van der Waals surface area contributed by atoms with Gasteiger partial charge in [0.25, 0.3) is 0 Å². The molecule has 15 heavy (non-hydrogen) atoms. The van der Waals surface area contributed by atoms with Gasteiger partial charge in [-0.2, -0.15) is 0 Å². The molecular formula is C10H14O3S2. The molecule has 0 heterocycles. The van der Waals surface area contributed by atoms with Gasteiger partial charge in [-0.3, -0.25) is 0 Å². The van der Waals surface area contributed by atoms with Crippen LogP contribution in [0.5, 0.6) is 0 Å². The van der Waals surface area contributed by atoms with Crippen LogP contribution >= 0.6 is 24.4 Å². The molecule has 3 nitrogen and oxygen atoms in total. The molecule has 0 spiro atoms. The van der Waals surface area contributed by atoms with Gasteiger partial charge in [-0.1, -0.05) is 36.6 Å². The highest BCUT2D eigenvalue weighted by Crippen LogP contribution is 1.95. The number of aliphatic hydroxyl groups excluding tert-OH is 2. The van der Waals surface area contributed by atoms with Crippen LogP contribution in [0.1, 0.15) is 0 Å². The lowest BCUT2D eigenvalue weighted by Crippen LogP contribution is -2.25. The van der Waals surface area contributed by atoms with E-state index < -0.39 is 12.2 Å². The van der Waals surface area contributed by atoms with Crippen LogP contribution in [0.2, 0.25) is 0 Å². The zero-order valence-electron chi connectivity index (χ0n) is 8.26. The maximum atomic E-state index is 9.21. The van der Waals surface area contributed by atoms with Crippen LogP contribution in [-0.4, -0.2) is 45.4 Å². The molecule has 0 rings (SSSR count). The van der Waals surface area contributed by atoms with E-state index >= 15 is 0 Å². The largest absolute Gasteiger partial charge is 0.384 e. The van der Waals surface area contributed by atoms with Gasteiger partial charge >= 0.3 is 0 Å². The van der Waals surface area contributed by atoms with Crippen molar-refractivity contribution in [2.75, 3.05) is 13.2 Å². The van der Waals surface area contributed by atoms with E-state index in [9.17, 15) is 10.2 Å². The van der Waals surface area contributed by atoms with Crippen LogP contribution in [0.3, 0.4) is 0 Å². The van der Waals surface area contributed by atoms with E-state index in [4.69, 9.17) is 29.2 Å². The first-order valence-corrected chi connectivity index (χ1v) is 5.09. The second kappa shape index (κ2) is 7.78. The van der Waals surface area contributed by atoms with E-state index in [0.717, 1.165) is 0 Å². The number of hydrogen-bond donors (Lipinski definition) is 2. The van der Waals surface area contributed by atoms with Gasteiger partial charge in [-0.25, -0.2) is 0 Å². The van der Waals surface area contributed by atoms with Gasteiger partial charge in [0.2, 0.25) is 0 Å². The lowest BCUT2D eigenvalue weighted by Gasteiger charge is -2.10. The van der Waals surface area contributed by atoms with Crippen molar-refractivity contribution in [2.24, 2.45) is 0 Å². The molecule has 5 heteroatoms. The Morgan fingerprint density at radius 2 is 1.40 bits per heavy atom. The second-order valence-electron chi connectivity index (χ2n) is 2.79. The van der Waals surface area contributed by atoms with E-state index in [1.54, 1.807) is 0 Å². The molecule has 0 amide bonds. The van der Waals surface area contributed by atoms with Gasteiger partial charge < -0.3 is 14.9 Å². The number of rotatable bonds is 8. The van der Waals surface area contributed by atoms with E-state index in [1.165, 1.54) is 12.2 Å². The lowest BCUT2D eigenvalue weighted by molar-refractivity contribution is 0.194. The summed E-state index contributed by atoms with van der Waals surface area (Å²) in [6.45, 7) is 7.00. The average Bonchev–Trinajstić information content (AvgIpc) is 2.26. The van der Waals surface area contributed by atoms with Gasteiger partial charge in [-0.05, 0) is 0 Å². The summed E-state index contributed by atoms with van der Waals surface area (Å²) < 4.78 is 5.11. The SMILES string of the molecule is C=CC(O)C(=S)COCC(=S)C(O)C=C. The highest BCUT2D eigenvalue weighted by Gasteiger charge is 2.09. The summed E-state index contributed by atoms with van der Waals surface area (Å²) in [5.74, 6) is 0. The predicted octanol–water partition coefficient (Wildman–Crippen LogP) is 0.837. The van der Waals surface area contributed by atoms with Crippen molar-refractivity contribution in [1.29, 1.82) is 0 Å². The minimum Gasteiger partial charge on any atom is -0.384 e. The van der Waals surface area contributed by atoms with Gasteiger partial charge in [0.05, 0.1) is 22.9 Å². The molecule has 0 saturated heterocycles. The van der Waals surface area contributed by atoms with Gasteiger partial charge in [0.15, 0.2) is 0 Å². The molecule has 0 fully saturated rings. The van der Waals surface area contributed by atoms with Crippen molar-refractivity contribution >= 4 is 34.2 Å². The molecular weight excluding hydrogens is 232 g/mol. The molecule has 0 radical (unpaired) electrons. The molecule has 2 atom stereocenters. The Hall–Kier alpha value is -0.460. The smallest absolute Gasteiger partial charge is 0.105 e. The number of hydrogen-bond acceptors (Lipinski definition) is 5. The summed E-state index contributed by atoms with van der Waals surface area (Å²) in [5.41, 5.74) is 0. The van der Waals surface area contributed by atoms with Crippen molar-refractivity contribution < 1.29 is 14.9 Å². The summed E-state index contributed by atoms with van der Waals surface area (Å²) >= 11 is 9.70. The average molecular weight is 246 g/mol. The Morgan fingerprint density at radius 1 is 1.07 bits per heavy atom. The topological polar surface area (TPSA) is 49.7 Å². The maximum Gasteiger partial charge on any atom is 0.105 e. The predicted molar refractivity (Wildman–Crippen MR) is 68.4 cm³/mol. The summed E-state index contributed by atoms with van der Waals surface area (Å²) in [6.07, 6.45) is 0.946. The number of thiocarbonyl (C=S) groups is 2. The third-order valence-electron chi connectivity index (χ3n) is 1.59. The van der Waals surface area contributed by atoms with Crippen LogP contribution in [0.15, 0.2) is 25.3 Å². The molecule has 0 aliphatic heterocycles.